The number of carbonyl (C=O) groups is 2. The molecule has 0 unspecified atom stereocenters. The Hall–Kier alpha value is -1.66. The average Bonchev–Trinajstić information content (AvgIpc) is 3.11. The fraction of sp³-hybridized carbons (Fsp3) is 0.200. The molecule has 4 nitrogen and oxygen atoms in total. The van der Waals surface area contributed by atoms with Crippen molar-refractivity contribution in [1.82, 2.24) is 5.32 Å². The number of ether oxygens (including phenoxy) is 1. The molecular formula is C15H12BrNO3S. The average molecular weight is 366 g/mol. The molecule has 1 aliphatic heterocycles. The Balaban J connectivity index is 1.91. The third kappa shape index (κ3) is 3.01. The molecule has 0 radical (unpaired) electrons. The third-order valence-electron chi connectivity index (χ3n) is 3.25. The van der Waals surface area contributed by atoms with Crippen molar-refractivity contribution in [3.8, 4) is 10.4 Å². The van der Waals surface area contributed by atoms with E-state index in [9.17, 15) is 9.59 Å². The first kappa shape index (κ1) is 14.3. The van der Waals surface area contributed by atoms with Crippen molar-refractivity contribution in [3.63, 3.8) is 0 Å². The minimum Gasteiger partial charge on any atom is -0.464 e. The van der Waals surface area contributed by atoms with E-state index in [1.165, 1.54) is 0 Å². The van der Waals surface area contributed by atoms with Gasteiger partial charge in [0.05, 0.1) is 6.61 Å². The number of esters is 1. The fourth-order valence-electron chi connectivity index (χ4n) is 2.21. The van der Waals surface area contributed by atoms with Crippen molar-refractivity contribution in [2.75, 3.05) is 6.61 Å². The van der Waals surface area contributed by atoms with Gasteiger partial charge in [0.15, 0.2) is 0 Å². The molecule has 1 aliphatic rings. The largest absolute Gasteiger partial charge is 0.464 e. The Kier molecular flexibility index (Phi) is 4.07. The van der Waals surface area contributed by atoms with Crippen LogP contribution in [0.1, 0.15) is 16.8 Å². The predicted molar refractivity (Wildman–Crippen MR) is 84.3 cm³/mol. The van der Waals surface area contributed by atoms with Gasteiger partial charge in [0.2, 0.25) is 0 Å². The van der Waals surface area contributed by atoms with E-state index >= 15 is 0 Å². The standard InChI is InChI=1S/C15H12BrNO3S/c16-9-3-4-10(11(8-9)13-2-1-7-21-13)14(18)17-12-5-6-20-15(12)19/h1-4,7-8,12H,5-6H2,(H,17,18)/t12-/m0/s1. The third-order valence-corrected chi connectivity index (χ3v) is 4.65. The quantitative estimate of drug-likeness (QED) is 0.849. The lowest BCUT2D eigenvalue weighted by Gasteiger charge is -2.12. The fourth-order valence-corrected chi connectivity index (χ4v) is 3.33. The van der Waals surface area contributed by atoms with Gasteiger partial charge in [-0.3, -0.25) is 4.79 Å². The second kappa shape index (κ2) is 5.99. The first-order valence-corrected chi connectivity index (χ1v) is 8.13. The number of benzene rings is 1. The lowest BCUT2D eigenvalue weighted by atomic mass is 10.0. The zero-order valence-electron chi connectivity index (χ0n) is 11.0. The molecule has 0 saturated carbocycles. The van der Waals surface area contributed by atoms with E-state index in [0.29, 0.717) is 18.6 Å². The number of hydrogen-bond donors (Lipinski definition) is 1. The summed E-state index contributed by atoms with van der Waals surface area (Å²) in [6.45, 7) is 0.363. The number of hydrogen-bond acceptors (Lipinski definition) is 4. The number of cyclic esters (lactones) is 1. The molecule has 0 spiro atoms. The van der Waals surface area contributed by atoms with E-state index < -0.39 is 6.04 Å². The number of rotatable bonds is 3. The first-order chi connectivity index (χ1) is 10.1. The molecule has 0 bridgehead atoms. The summed E-state index contributed by atoms with van der Waals surface area (Å²) in [6.07, 6.45) is 0.523. The lowest BCUT2D eigenvalue weighted by Crippen LogP contribution is -2.38. The molecule has 2 aromatic rings. The van der Waals surface area contributed by atoms with Gasteiger partial charge in [0.25, 0.3) is 5.91 Å². The molecule has 1 aromatic heterocycles. The second-order valence-electron chi connectivity index (χ2n) is 4.65. The maximum Gasteiger partial charge on any atom is 0.328 e. The minimum absolute atomic E-state index is 0.255. The minimum atomic E-state index is -0.544. The SMILES string of the molecule is O=C(N[C@H]1CCOC1=O)c1ccc(Br)cc1-c1cccs1. The van der Waals surface area contributed by atoms with E-state index in [2.05, 4.69) is 21.2 Å². The van der Waals surface area contributed by atoms with Gasteiger partial charge < -0.3 is 10.1 Å². The first-order valence-electron chi connectivity index (χ1n) is 6.46. The molecule has 108 valence electrons. The highest BCUT2D eigenvalue weighted by Gasteiger charge is 2.29. The second-order valence-corrected chi connectivity index (χ2v) is 6.51. The smallest absolute Gasteiger partial charge is 0.328 e. The van der Waals surface area contributed by atoms with E-state index in [4.69, 9.17) is 4.74 Å². The molecule has 1 aromatic carbocycles. The van der Waals surface area contributed by atoms with Crippen molar-refractivity contribution in [2.45, 2.75) is 12.5 Å². The van der Waals surface area contributed by atoms with Crippen molar-refractivity contribution >= 4 is 39.1 Å². The topological polar surface area (TPSA) is 55.4 Å². The molecule has 6 heteroatoms. The molecule has 1 amide bonds. The summed E-state index contributed by atoms with van der Waals surface area (Å²) in [5.74, 6) is -0.618. The van der Waals surface area contributed by atoms with Gasteiger partial charge in [-0.1, -0.05) is 22.0 Å². The number of halogens is 1. The Bertz CT molecular complexity index is 684. The van der Waals surface area contributed by atoms with Crippen LogP contribution in [0.2, 0.25) is 0 Å². The molecule has 2 heterocycles. The highest BCUT2D eigenvalue weighted by molar-refractivity contribution is 9.10. The molecule has 1 saturated heterocycles. The summed E-state index contributed by atoms with van der Waals surface area (Å²) < 4.78 is 5.77. The monoisotopic (exact) mass is 365 g/mol. The number of amides is 1. The summed E-state index contributed by atoms with van der Waals surface area (Å²) in [6, 6.07) is 8.85. The van der Waals surface area contributed by atoms with Crippen LogP contribution in [-0.2, 0) is 9.53 Å². The van der Waals surface area contributed by atoms with E-state index in [1.54, 1.807) is 17.4 Å². The zero-order chi connectivity index (χ0) is 14.8. The summed E-state index contributed by atoms with van der Waals surface area (Å²) in [7, 11) is 0. The Morgan fingerprint density at radius 3 is 2.90 bits per heavy atom. The molecule has 3 rings (SSSR count). The van der Waals surface area contributed by atoms with Crippen LogP contribution in [0, 0.1) is 0 Å². The molecule has 1 fully saturated rings. The summed E-state index contributed by atoms with van der Waals surface area (Å²) in [5.41, 5.74) is 1.41. The summed E-state index contributed by atoms with van der Waals surface area (Å²) in [5, 5.41) is 4.71. The zero-order valence-corrected chi connectivity index (χ0v) is 13.4. The van der Waals surface area contributed by atoms with Crippen LogP contribution in [0.25, 0.3) is 10.4 Å². The number of carbonyl (C=O) groups excluding carboxylic acids is 2. The molecule has 0 aliphatic carbocycles. The van der Waals surface area contributed by atoms with Gasteiger partial charge in [0.1, 0.15) is 6.04 Å². The van der Waals surface area contributed by atoms with E-state index in [0.717, 1.165) is 14.9 Å². The van der Waals surface area contributed by atoms with Crippen LogP contribution in [0.5, 0.6) is 0 Å². The lowest BCUT2D eigenvalue weighted by molar-refractivity contribution is -0.139. The van der Waals surface area contributed by atoms with Gasteiger partial charge in [-0.25, -0.2) is 4.79 Å². The normalized spacial score (nSPS) is 17.6. The van der Waals surface area contributed by atoms with Crippen LogP contribution in [0.3, 0.4) is 0 Å². The van der Waals surface area contributed by atoms with E-state index in [-0.39, 0.29) is 11.9 Å². The highest BCUT2D eigenvalue weighted by atomic mass is 79.9. The van der Waals surface area contributed by atoms with Gasteiger partial charge in [-0.05, 0) is 29.6 Å². The maximum absolute atomic E-state index is 12.4. The molecule has 1 atom stereocenters. The van der Waals surface area contributed by atoms with E-state index in [1.807, 2.05) is 29.6 Å². The molecular weight excluding hydrogens is 354 g/mol. The Morgan fingerprint density at radius 2 is 2.24 bits per heavy atom. The summed E-state index contributed by atoms with van der Waals surface area (Å²) in [4.78, 5) is 24.9. The van der Waals surface area contributed by atoms with Gasteiger partial charge in [-0.15, -0.1) is 11.3 Å². The molecule has 21 heavy (non-hydrogen) atoms. The van der Waals surface area contributed by atoms with Gasteiger partial charge >= 0.3 is 5.97 Å². The van der Waals surface area contributed by atoms with Crippen molar-refractivity contribution in [1.29, 1.82) is 0 Å². The van der Waals surface area contributed by atoms with Crippen LogP contribution in [0.4, 0.5) is 0 Å². The molecule has 1 N–H and O–H groups in total. The number of thiophene rings is 1. The van der Waals surface area contributed by atoms with Gasteiger partial charge in [-0.2, -0.15) is 0 Å². The van der Waals surface area contributed by atoms with Crippen molar-refractivity contribution in [2.24, 2.45) is 0 Å². The van der Waals surface area contributed by atoms with Crippen LogP contribution < -0.4 is 5.32 Å². The van der Waals surface area contributed by atoms with Crippen LogP contribution in [0.15, 0.2) is 40.2 Å². The maximum atomic E-state index is 12.4. The van der Waals surface area contributed by atoms with Crippen LogP contribution in [-0.4, -0.2) is 24.5 Å². The predicted octanol–water partition coefficient (Wildman–Crippen LogP) is 3.22. The van der Waals surface area contributed by atoms with Crippen molar-refractivity contribution in [3.05, 3.63) is 45.7 Å². The van der Waals surface area contributed by atoms with Crippen LogP contribution >= 0.6 is 27.3 Å². The van der Waals surface area contributed by atoms with Gasteiger partial charge in [0, 0.05) is 26.9 Å². The Morgan fingerprint density at radius 1 is 1.38 bits per heavy atom. The van der Waals surface area contributed by atoms with Crippen molar-refractivity contribution < 1.29 is 14.3 Å². The highest BCUT2D eigenvalue weighted by Crippen LogP contribution is 2.30. The number of nitrogens with one attached hydrogen (secondary N) is 1. The summed E-state index contributed by atoms with van der Waals surface area (Å²) >= 11 is 4.99. The Labute approximate surface area is 134 Å².